The quantitative estimate of drug-likeness (QED) is 0.0529. The van der Waals surface area contributed by atoms with Crippen molar-refractivity contribution in [3.63, 3.8) is 0 Å². The average molecular weight is 912 g/mol. The Morgan fingerprint density at radius 2 is 1.65 bits per heavy atom. The van der Waals surface area contributed by atoms with E-state index >= 15 is 8.63 Å². The molecule has 3 aliphatic heterocycles. The van der Waals surface area contributed by atoms with Gasteiger partial charge in [0.1, 0.15) is 17.3 Å². The lowest BCUT2D eigenvalue weighted by Crippen LogP contribution is -2.50. The van der Waals surface area contributed by atoms with Crippen molar-refractivity contribution in [1.82, 2.24) is 14.7 Å². The minimum Gasteiger partial charge on any atom is -0.508 e. The first kappa shape index (κ1) is 46.2. The Morgan fingerprint density at radius 3 is 2.42 bits per heavy atom. The van der Waals surface area contributed by atoms with Crippen molar-refractivity contribution in [2.75, 3.05) is 38.6 Å². The van der Waals surface area contributed by atoms with Crippen molar-refractivity contribution < 1.29 is 37.3 Å². The molecule has 0 aliphatic carbocycles. The molecule has 66 heavy (non-hydrogen) atoms. The molecule has 0 fully saturated rings. The number of carbonyl (C=O) groups excluding carboxylic acids is 3. The first-order valence-electron chi connectivity index (χ1n) is 22.9. The minimum absolute atomic E-state index is 0.0396. The summed E-state index contributed by atoms with van der Waals surface area (Å²) in [5.74, 6) is 0.877. The second kappa shape index (κ2) is 21.3. The smallest absolute Gasteiger partial charge is 0.508 e. The number of likely N-dealkylation sites (N-methyl/N-ethyl adjacent to an activating group) is 1. The van der Waals surface area contributed by atoms with E-state index in [4.69, 9.17) is 4.74 Å². The fourth-order valence-corrected chi connectivity index (χ4v) is 9.73. The van der Waals surface area contributed by atoms with Crippen LogP contribution in [0.25, 0.3) is 18.2 Å². The van der Waals surface area contributed by atoms with Crippen LogP contribution < -0.4 is 15.4 Å². The highest BCUT2D eigenvalue weighted by atomic mass is 32.1. The van der Waals surface area contributed by atoms with Gasteiger partial charge in [-0.25, -0.2) is 0 Å². The number of carbonyl (C=O) groups is 3. The predicted octanol–water partition coefficient (Wildman–Crippen LogP) is 9.91. The molecule has 5 heterocycles. The van der Waals surface area contributed by atoms with Gasteiger partial charge in [-0.05, 0) is 127 Å². The normalized spacial score (nSPS) is 16.3. The van der Waals surface area contributed by atoms with Gasteiger partial charge in [0.2, 0.25) is 5.91 Å². The van der Waals surface area contributed by atoms with Gasteiger partial charge in [-0.15, -0.1) is 11.3 Å². The number of aromatic nitrogens is 1. The molecule has 2 aromatic heterocycles. The molecular formula is C52H56BF2N5O5S. The van der Waals surface area contributed by atoms with Gasteiger partial charge in [-0.3, -0.25) is 14.4 Å². The largest absolute Gasteiger partial charge is 0.737 e. The van der Waals surface area contributed by atoms with E-state index in [2.05, 4.69) is 34.7 Å². The molecule has 3 N–H and O–H groups in total. The summed E-state index contributed by atoms with van der Waals surface area (Å²) in [6, 6.07) is 27.9. The highest BCUT2D eigenvalue weighted by molar-refractivity contribution is 7.12. The fourth-order valence-electron chi connectivity index (χ4n) is 8.99. The highest BCUT2D eigenvalue weighted by Crippen LogP contribution is 2.36. The molecule has 2 amide bonds. The number of ketones is 1. The maximum atomic E-state index is 16.1. The van der Waals surface area contributed by atoms with Crippen molar-refractivity contribution in [3.8, 4) is 11.5 Å². The van der Waals surface area contributed by atoms with E-state index in [9.17, 15) is 19.5 Å². The molecule has 0 saturated heterocycles. The van der Waals surface area contributed by atoms with Crippen LogP contribution in [-0.2, 0) is 20.8 Å². The number of aromatic hydroxyl groups is 1. The van der Waals surface area contributed by atoms with Crippen LogP contribution in [0, 0.1) is 0 Å². The Morgan fingerprint density at radius 1 is 0.879 bits per heavy atom. The van der Waals surface area contributed by atoms with Gasteiger partial charge >= 0.3 is 6.97 Å². The molecule has 5 aromatic rings. The van der Waals surface area contributed by atoms with Gasteiger partial charge in [-0.1, -0.05) is 55.3 Å². The predicted molar refractivity (Wildman–Crippen MR) is 260 cm³/mol. The highest BCUT2D eigenvalue weighted by Gasteiger charge is 2.52. The number of benzene rings is 3. The third kappa shape index (κ3) is 11.3. The van der Waals surface area contributed by atoms with Crippen LogP contribution in [0.5, 0.6) is 11.5 Å². The number of phenolic OH excluding ortho intramolecular Hbond substituents is 1. The van der Waals surface area contributed by atoms with Gasteiger partial charge < -0.3 is 43.0 Å². The fraction of sp³-hybridized carbons (Fsp3) is 0.308. The third-order valence-electron chi connectivity index (χ3n) is 12.5. The van der Waals surface area contributed by atoms with Gasteiger partial charge in [0.15, 0.2) is 18.0 Å². The van der Waals surface area contributed by atoms with E-state index in [1.807, 2.05) is 53.9 Å². The summed E-state index contributed by atoms with van der Waals surface area (Å²) >= 11 is 1.43. The molecule has 0 radical (unpaired) electrons. The average Bonchev–Trinajstić information content (AvgIpc) is 4.08. The number of allylic oxidation sites excluding steroid dienone is 2. The van der Waals surface area contributed by atoms with E-state index in [0.29, 0.717) is 60.8 Å². The van der Waals surface area contributed by atoms with Crippen LogP contribution in [0.4, 0.5) is 14.3 Å². The molecule has 0 spiro atoms. The van der Waals surface area contributed by atoms with Gasteiger partial charge in [0, 0.05) is 80.1 Å². The lowest BCUT2D eigenvalue weighted by molar-refractivity contribution is -0.360. The van der Waals surface area contributed by atoms with Crippen LogP contribution in [0.2, 0.25) is 0 Å². The number of nitrogens with one attached hydrogen (secondary N) is 2. The standard InChI is InChI=1S/C52H56BF2N5O5S/c1-58-31-29-39-18-25-45(62)34-47(39)48(35-58)38-16-19-40(20-17-38)57-51(63)12-6-2-4-9-44(61)10-5-3-7-30-56-52(64)36-65-46-26-14-37(15-27-46)13-21-41-22-23-42-33-43-24-28-49(50-11-8-32-66-50)60(43)53(54,55)59(41)42/h8,11,13-28,32-34,48,62H,2-7,9-10,12,29-31,35-36H2,1H3,(H,56,64)(H,57,63)/b21-13+. The Labute approximate surface area is 389 Å². The molecule has 1 unspecified atom stereocenters. The summed E-state index contributed by atoms with van der Waals surface area (Å²) in [4.78, 5) is 40.6. The summed E-state index contributed by atoms with van der Waals surface area (Å²) in [6.07, 6.45) is 15.7. The molecule has 8 rings (SSSR count). The molecule has 3 aliphatic rings. The van der Waals surface area contributed by atoms with Crippen LogP contribution in [0.1, 0.15) is 102 Å². The lowest BCUT2D eigenvalue weighted by atomic mass is 9.88. The van der Waals surface area contributed by atoms with Crippen molar-refractivity contribution in [2.24, 2.45) is 0 Å². The van der Waals surface area contributed by atoms with Crippen molar-refractivity contribution in [1.29, 1.82) is 0 Å². The zero-order valence-electron chi connectivity index (χ0n) is 37.3. The summed E-state index contributed by atoms with van der Waals surface area (Å²) in [5, 5.41) is 17.9. The molecule has 3 aromatic carbocycles. The number of amides is 2. The van der Waals surface area contributed by atoms with Crippen molar-refractivity contribution >= 4 is 65.5 Å². The lowest BCUT2D eigenvalue weighted by Gasteiger charge is -2.30. The summed E-state index contributed by atoms with van der Waals surface area (Å²) in [7, 11) is 2.12. The number of phenols is 1. The third-order valence-corrected chi connectivity index (χ3v) is 13.4. The van der Waals surface area contributed by atoms with Gasteiger partial charge in [0.25, 0.3) is 5.91 Å². The van der Waals surface area contributed by atoms with Gasteiger partial charge in [-0.2, -0.15) is 0 Å². The summed E-state index contributed by atoms with van der Waals surface area (Å²) < 4.78 is 40.1. The van der Waals surface area contributed by atoms with E-state index in [1.165, 1.54) is 16.9 Å². The van der Waals surface area contributed by atoms with Crippen molar-refractivity contribution in [3.05, 3.63) is 153 Å². The number of ether oxygens (including phenoxy) is 1. The van der Waals surface area contributed by atoms with Crippen LogP contribution in [0.15, 0.2) is 114 Å². The van der Waals surface area contributed by atoms with Crippen LogP contribution in [-0.4, -0.2) is 82.5 Å². The van der Waals surface area contributed by atoms with E-state index < -0.39 is 6.97 Å². The van der Waals surface area contributed by atoms with Gasteiger partial charge in [0.05, 0.1) is 4.88 Å². The maximum Gasteiger partial charge on any atom is 0.737 e. The molecule has 10 nitrogen and oxygen atoms in total. The number of unbranched alkanes of at least 4 members (excludes halogenated alkanes) is 4. The second-order valence-electron chi connectivity index (χ2n) is 17.3. The molecule has 0 bridgehead atoms. The number of anilines is 1. The first-order valence-corrected chi connectivity index (χ1v) is 23.8. The number of halogens is 2. The Hall–Kier alpha value is -6.38. The SMILES string of the molecule is CN1CCc2ccc(O)cc2C(c2ccc(NC(=O)CCCCCC(=O)CCCCCNC(=O)COc3ccc(/C=C/c4ccc5n4[B-](F)(F)[N+]4=C(c6cccs6)C=CC4=C5)cc3)cc2)C1. The maximum absolute atomic E-state index is 16.1. The second-order valence-corrected chi connectivity index (χ2v) is 18.3. The summed E-state index contributed by atoms with van der Waals surface area (Å²) in [6.45, 7) is -1.95. The number of fused-ring (bicyclic) bond motifs is 3. The van der Waals surface area contributed by atoms with E-state index in [1.54, 1.807) is 60.7 Å². The number of Topliss-reactive ketones (excluding diaryl/α,β-unsaturated/α-hetero) is 1. The minimum atomic E-state index is -4.12. The van der Waals surface area contributed by atoms with Crippen molar-refractivity contribution in [2.45, 2.75) is 70.1 Å². The summed E-state index contributed by atoms with van der Waals surface area (Å²) in [5.41, 5.74) is 6.93. The number of thiophene rings is 1. The topological polar surface area (TPSA) is 116 Å². The van der Waals surface area contributed by atoms with E-state index in [0.717, 1.165) is 87.8 Å². The number of hydrogen-bond acceptors (Lipinski definition) is 7. The zero-order valence-corrected chi connectivity index (χ0v) is 38.1. The number of nitrogens with zero attached hydrogens (tertiary/aromatic N) is 3. The molecule has 14 heteroatoms. The Kier molecular flexibility index (Phi) is 14.9. The van der Waals surface area contributed by atoms with E-state index in [-0.39, 0.29) is 35.9 Å². The first-order chi connectivity index (χ1) is 32.0. The molecule has 342 valence electrons. The molecule has 1 atom stereocenters. The number of hydrogen-bond donors (Lipinski definition) is 3. The monoisotopic (exact) mass is 911 g/mol. The number of rotatable bonds is 20. The Bertz CT molecular complexity index is 2650. The van der Waals surface area contributed by atoms with Crippen LogP contribution in [0.3, 0.4) is 0 Å². The Balaban J connectivity index is 0.666. The zero-order chi connectivity index (χ0) is 46.0. The molecular weight excluding hydrogens is 855 g/mol. The molecule has 0 saturated carbocycles. The van der Waals surface area contributed by atoms with Crippen LogP contribution >= 0.6 is 11.3 Å².